The van der Waals surface area contributed by atoms with E-state index in [0.717, 1.165) is 5.56 Å². The third-order valence-corrected chi connectivity index (χ3v) is 2.69. The van der Waals surface area contributed by atoms with E-state index in [1.165, 1.54) is 0 Å². The number of amides is 3. The van der Waals surface area contributed by atoms with Gasteiger partial charge in [-0.05, 0) is 24.1 Å². The van der Waals surface area contributed by atoms with Crippen molar-refractivity contribution in [2.75, 3.05) is 0 Å². The molecule has 1 unspecified atom stereocenters. The van der Waals surface area contributed by atoms with Gasteiger partial charge in [-0.15, -0.1) is 0 Å². The van der Waals surface area contributed by atoms with Crippen LogP contribution in [0.1, 0.15) is 18.4 Å². The van der Waals surface area contributed by atoms with Crippen molar-refractivity contribution in [3.8, 4) is 0 Å². The third-order valence-electron chi connectivity index (χ3n) is 2.69. The monoisotopic (exact) mass is 247 g/mol. The van der Waals surface area contributed by atoms with E-state index in [9.17, 15) is 14.4 Å². The maximum Gasteiger partial charge on any atom is 0.249 e. The molecule has 6 nitrogen and oxygen atoms in total. The molecule has 0 spiro atoms. The summed E-state index contributed by atoms with van der Waals surface area (Å²) >= 11 is 0. The van der Waals surface area contributed by atoms with E-state index in [0.29, 0.717) is 6.42 Å². The standard InChI is InChI=1S/C12H13N3O3/c16-10-2-1-9(12(18)15-10)14-11(17)7-8-3-5-13-6-4-8/h3-6,9H,1-2,7H2,(H,14,17)(H,15,16,18). The van der Waals surface area contributed by atoms with Gasteiger partial charge in [-0.1, -0.05) is 0 Å². The number of carbonyl (C=O) groups is 3. The zero-order valence-electron chi connectivity index (χ0n) is 9.68. The van der Waals surface area contributed by atoms with Crippen LogP contribution < -0.4 is 10.6 Å². The van der Waals surface area contributed by atoms with E-state index >= 15 is 0 Å². The Hall–Kier alpha value is -2.24. The van der Waals surface area contributed by atoms with Gasteiger partial charge in [0.05, 0.1) is 6.42 Å². The Morgan fingerprint density at radius 3 is 2.78 bits per heavy atom. The summed E-state index contributed by atoms with van der Waals surface area (Å²) in [5.74, 6) is -0.968. The zero-order chi connectivity index (χ0) is 13.0. The second-order valence-corrected chi connectivity index (χ2v) is 4.10. The van der Waals surface area contributed by atoms with Crippen LogP contribution in [0.3, 0.4) is 0 Å². The molecule has 0 aliphatic carbocycles. The maximum atomic E-state index is 11.7. The molecule has 6 heteroatoms. The molecule has 0 aromatic carbocycles. The van der Waals surface area contributed by atoms with Gasteiger partial charge in [-0.2, -0.15) is 0 Å². The number of aromatic nitrogens is 1. The fraction of sp³-hybridized carbons (Fsp3) is 0.333. The molecule has 0 bridgehead atoms. The summed E-state index contributed by atoms with van der Waals surface area (Å²) in [4.78, 5) is 37.9. The Morgan fingerprint density at radius 1 is 1.39 bits per heavy atom. The lowest BCUT2D eigenvalue weighted by molar-refractivity contribution is -0.137. The van der Waals surface area contributed by atoms with Gasteiger partial charge < -0.3 is 5.32 Å². The van der Waals surface area contributed by atoms with Crippen molar-refractivity contribution in [2.45, 2.75) is 25.3 Å². The summed E-state index contributed by atoms with van der Waals surface area (Å²) in [7, 11) is 0. The second-order valence-electron chi connectivity index (χ2n) is 4.10. The van der Waals surface area contributed by atoms with Crippen LogP contribution in [0, 0.1) is 0 Å². The highest BCUT2D eigenvalue weighted by molar-refractivity contribution is 6.01. The van der Waals surface area contributed by atoms with Gasteiger partial charge in [0.1, 0.15) is 6.04 Å². The molecule has 1 saturated heterocycles. The Morgan fingerprint density at radius 2 is 2.11 bits per heavy atom. The average Bonchev–Trinajstić information content (AvgIpc) is 2.34. The summed E-state index contributed by atoms with van der Waals surface area (Å²) < 4.78 is 0. The maximum absolute atomic E-state index is 11.7. The molecule has 1 fully saturated rings. The molecule has 1 aliphatic rings. The number of nitrogens with zero attached hydrogens (tertiary/aromatic N) is 1. The Bertz CT molecular complexity index is 473. The molecule has 2 heterocycles. The summed E-state index contributed by atoms with van der Waals surface area (Å²) in [5, 5.41) is 4.81. The van der Waals surface area contributed by atoms with Gasteiger partial charge in [0.2, 0.25) is 17.7 Å². The number of rotatable bonds is 3. The van der Waals surface area contributed by atoms with Gasteiger partial charge in [-0.25, -0.2) is 0 Å². The smallest absolute Gasteiger partial charge is 0.249 e. The van der Waals surface area contributed by atoms with Crippen LogP contribution in [0.2, 0.25) is 0 Å². The molecule has 3 amide bonds. The van der Waals surface area contributed by atoms with E-state index in [-0.39, 0.29) is 24.7 Å². The first-order chi connectivity index (χ1) is 8.65. The predicted octanol–water partition coefficient (Wildman–Crippen LogP) is -0.455. The first kappa shape index (κ1) is 12.2. The Kier molecular flexibility index (Phi) is 3.66. The summed E-state index contributed by atoms with van der Waals surface area (Å²) in [5.41, 5.74) is 0.829. The third kappa shape index (κ3) is 3.13. The summed E-state index contributed by atoms with van der Waals surface area (Å²) in [6, 6.07) is 2.87. The van der Waals surface area contributed by atoms with E-state index in [1.54, 1.807) is 24.5 Å². The fourth-order valence-corrected chi connectivity index (χ4v) is 1.76. The lowest BCUT2D eigenvalue weighted by atomic mass is 10.1. The predicted molar refractivity (Wildman–Crippen MR) is 62.3 cm³/mol. The minimum Gasteiger partial charge on any atom is -0.344 e. The van der Waals surface area contributed by atoms with Crippen LogP contribution >= 0.6 is 0 Å². The lowest BCUT2D eigenvalue weighted by Gasteiger charge is -2.21. The Balaban J connectivity index is 1.88. The molecule has 0 radical (unpaired) electrons. The molecule has 1 aromatic rings. The molecule has 18 heavy (non-hydrogen) atoms. The number of hydrogen-bond acceptors (Lipinski definition) is 4. The number of hydrogen-bond donors (Lipinski definition) is 2. The minimum absolute atomic E-state index is 0.195. The van der Waals surface area contributed by atoms with Gasteiger partial charge in [0.15, 0.2) is 0 Å². The van der Waals surface area contributed by atoms with Crippen LogP contribution in [0.25, 0.3) is 0 Å². The van der Waals surface area contributed by atoms with Gasteiger partial charge >= 0.3 is 0 Å². The minimum atomic E-state index is -0.614. The Labute approximate surface area is 104 Å². The molecule has 1 aliphatic heterocycles. The van der Waals surface area contributed by atoms with E-state index in [1.807, 2.05) is 0 Å². The number of nitrogens with one attached hydrogen (secondary N) is 2. The van der Waals surface area contributed by atoms with Crippen LogP contribution in [0.5, 0.6) is 0 Å². The molecular formula is C12H13N3O3. The first-order valence-electron chi connectivity index (χ1n) is 5.67. The fourth-order valence-electron chi connectivity index (χ4n) is 1.76. The molecular weight excluding hydrogens is 234 g/mol. The van der Waals surface area contributed by atoms with Crippen molar-refractivity contribution in [1.82, 2.24) is 15.6 Å². The molecule has 2 rings (SSSR count). The summed E-state index contributed by atoms with van der Waals surface area (Å²) in [6.45, 7) is 0. The summed E-state index contributed by atoms with van der Waals surface area (Å²) in [6.07, 6.45) is 4.02. The van der Waals surface area contributed by atoms with Crippen molar-refractivity contribution >= 4 is 17.7 Å². The zero-order valence-corrected chi connectivity index (χ0v) is 9.68. The average molecular weight is 247 g/mol. The van der Waals surface area contributed by atoms with Gasteiger partial charge in [0.25, 0.3) is 0 Å². The largest absolute Gasteiger partial charge is 0.344 e. The van der Waals surface area contributed by atoms with Crippen LogP contribution in [0.15, 0.2) is 24.5 Å². The van der Waals surface area contributed by atoms with Crippen molar-refractivity contribution in [1.29, 1.82) is 0 Å². The van der Waals surface area contributed by atoms with Gasteiger partial charge in [-0.3, -0.25) is 24.7 Å². The second kappa shape index (κ2) is 5.39. The van der Waals surface area contributed by atoms with E-state index in [2.05, 4.69) is 15.6 Å². The van der Waals surface area contributed by atoms with Crippen molar-refractivity contribution in [3.05, 3.63) is 30.1 Å². The molecule has 0 saturated carbocycles. The number of carbonyl (C=O) groups excluding carboxylic acids is 3. The van der Waals surface area contributed by atoms with Crippen LogP contribution in [0.4, 0.5) is 0 Å². The van der Waals surface area contributed by atoms with E-state index < -0.39 is 11.9 Å². The number of imide groups is 1. The normalized spacial score (nSPS) is 19.2. The van der Waals surface area contributed by atoms with Crippen LogP contribution in [-0.4, -0.2) is 28.7 Å². The quantitative estimate of drug-likeness (QED) is 0.708. The number of pyridine rings is 1. The molecule has 1 aromatic heterocycles. The SMILES string of the molecule is O=C1CCC(NC(=O)Cc2ccncc2)C(=O)N1. The van der Waals surface area contributed by atoms with Crippen molar-refractivity contribution in [2.24, 2.45) is 0 Å². The first-order valence-corrected chi connectivity index (χ1v) is 5.67. The van der Waals surface area contributed by atoms with Gasteiger partial charge in [0, 0.05) is 18.8 Å². The molecule has 2 N–H and O–H groups in total. The number of piperidine rings is 1. The van der Waals surface area contributed by atoms with Crippen LogP contribution in [-0.2, 0) is 20.8 Å². The van der Waals surface area contributed by atoms with Crippen molar-refractivity contribution in [3.63, 3.8) is 0 Å². The topological polar surface area (TPSA) is 88.2 Å². The molecule has 94 valence electrons. The highest BCUT2D eigenvalue weighted by atomic mass is 16.2. The van der Waals surface area contributed by atoms with E-state index in [4.69, 9.17) is 0 Å². The molecule has 1 atom stereocenters. The van der Waals surface area contributed by atoms with Crippen molar-refractivity contribution < 1.29 is 14.4 Å². The lowest BCUT2D eigenvalue weighted by Crippen LogP contribution is -2.52. The highest BCUT2D eigenvalue weighted by Crippen LogP contribution is 2.05. The highest BCUT2D eigenvalue weighted by Gasteiger charge is 2.27.